The molecule has 0 saturated heterocycles. The van der Waals surface area contributed by atoms with Gasteiger partial charge in [0, 0.05) is 16.8 Å². The number of nitrogens with one attached hydrogen (secondary N) is 1. The summed E-state index contributed by atoms with van der Waals surface area (Å²) in [5.74, 6) is 0.680. The van der Waals surface area contributed by atoms with E-state index in [1.54, 1.807) is 25.3 Å². The van der Waals surface area contributed by atoms with E-state index in [1.165, 1.54) is 22.8 Å². The molecule has 7 heteroatoms. The highest BCUT2D eigenvalue weighted by Crippen LogP contribution is 2.19. The van der Waals surface area contributed by atoms with Crippen molar-refractivity contribution in [3.63, 3.8) is 0 Å². The molecule has 2 rings (SSSR count). The maximum Gasteiger partial charge on any atom is 0.241 e. The zero-order chi connectivity index (χ0) is 14.6. The van der Waals surface area contributed by atoms with Gasteiger partial charge in [-0.25, -0.2) is 13.1 Å². The molecule has 0 aliphatic carbocycles. The van der Waals surface area contributed by atoms with E-state index in [1.807, 2.05) is 6.07 Å². The summed E-state index contributed by atoms with van der Waals surface area (Å²) in [6, 6.07) is 8.66. The lowest BCUT2D eigenvalue weighted by Gasteiger charge is -2.06. The van der Waals surface area contributed by atoms with Gasteiger partial charge < -0.3 is 9.84 Å². The predicted molar refractivity (Wildman–Crippen MR) is 77.3 cm³/mol. The maximum atomic E-state index is 12.1. The van der Waals surface area contributed by atoms with Gasteiger partial charge in [-0.2, -0.15) is 0 Å². The Bertz CT molecular complexity index is 679. The maximum absolute atomic E-state index is 12.1. The van der Waals surface area contributed by atoms with Gasteiger partial charge in [-0.15, -0.1) is 11.3 Å². The summed E-state index contributed by atoms with van der Waals surface area (Å²) in [7, 11) is -2.00. The fourth-order valence-corrected chi connectivity index (χ4v) is 3.78. The third-order valence-corrected chi connectivity index (χ3v) is 5.15. The molecule has 0 saturated carbocycles. The van der Waals surface area contributed by atoms with Crippen LogP contribution in [0.5, 0.6) is 5.75 Å². The van der Waals surface area contributed by atoms with Crippen LogP contribution in [-0.2, 0) is 23.2 Å². The average molecular weight is 313 g/mol. The fraction of sp³-hybridized carbons (Fsp3) is 0.231. The molecule has 0 spiro atoms. The number of rotatable bonds is 6. The molecule has 5 nitrogen and oxygen atoms in total. The van der Waals surface area contributed by atoms with Crippen molar-refractivity contribution < 1.29 is 18.3 Å². The number of aliphatic hydroxyl groups is 1. The van der Waals surface area contributed by atoms with Gasteiger partial charge in [-0.3, -0.25) is 0 Å². The summed E-state index contributed by atoms with van der Waals surface area (Å²) < 4.78 is 31.8. The number of thiophene rings is 1. The minimum Gasteiger partial charge on any atom is -0.497 e. The van der Waals surface area contributed by atoms with E-state index < -0.39 is 10.0 Å². The van der Waals surface area contributed by atoms with E-state index in [0.717, 1.165) is 5.56 Å². The van der Waals surface area contributed by atoms with Crippen molar-refractivity contribution in [1.29, 1.82) is 0 Å². The Morgan fingerprint density at radius 2 is 2.15 bits per heavy atom. The summed E-state index contributed by atoms with van der Waals surface area (Å²) in [6.07, 6.45) is 0. The van der Waals surface area contributed by atoms with Crippen LogP contribution in [0.2, 0.25) is 0 Å². The highest BCUT2D eigenvalue weighted by molar-refractivity contribution is 7.89. The molecule has 0 fully saturated rings. The predicted octanol–water partition coefficient (Wildman–Crippen LogP) is 1.73. The zero-order valence-corrected chi connectivity index (χ0v) is 12.5. The molecular formula is C13H15NO4S2. The molecule has 0 atom stereocenters. The van der Waals surface area contributed by atoms with Crippen molar-refractivity contribution in [3.8, 4) is 5.75 Å². The third kappa shape index (κ3) is 3.57. The van der Waals surface area contributed by atoms with Crippen molar-refractivity contribution in [2.75, 3.05) is 7.11 Å². The molecule has 0 aliphatic rings. The molecular weight excluding hydrogens is 298 g/mol. The van der Waals surface area contributed by atoms with E-state index in [4.69, 9.17) is 9.84 Å². The van der Waals surface area contributed by atoms with Gasteiger partial charge >= 0.3 is 0 Å². The van der Waals surface area contributed by atoms with Gasteiger partial charge in [0.25, 0.3) is 0 Å². The van der Waals surface area contributed by atoms with Crippen LogP contribution in [0.25, 0.3) is 0 Å². The molecule has 0 aliphatic heterocycles. The Morgan fingerprint density at radius 1 is 1.35 bits per heavy atom. The van der Waals surface area contributed by atoms with Crippen molar-refractivity contribution in [1.82, 2.24) is 4.72 Å². The van der Waals surface area contributed by atoms with Crippen LogP contribution >= 0.6 is 11.3 Å². The second-order valence-electron chi connectivity index (χ2n) is 4.08. The van der Waals surface area contributed by atoms with E-state index in [-0.39, 0.29) is 18.0 Å². The van der Waals surface area contributed by atoms with E-state index >= 15 is 0 Å². The minimum atomic E-state index is -3.56. The number of ether oxygens (including phenoxy) is 1. The van der Waals surface area contributed by atoms with Crippen LogP contribution in [0.3, 0.4) is 0 Å². The van der Waals surface area contributed by atoms with Crippen LogP contribution in [0.4, 0.5) is 0 Å². The summed E-state index contributed by atoms with van der Waals surface area (Å²) in [5.41, 5.74) is 0.811. The standard InChI is InChI=1S/C13H15NO4S2/c1-18-11-4-2-3-10(5-11)7-14-20(16,17)13-6-12(8-15)19-9-13/h2-6,9,14-15H,7-8H2,1H3. The SMILES string of the molecule is COc1cccc(CNS(=O)(=O)c2csc(CO)c2)c1. The van der Waals surface area contributed by atoms with Crippen LogP contribution in [-0.4, -0.2) is 20.6 Å². The third-order valence-electron chi connectivity index (χ3n) is 2.70. The normalized spacial score (nSPS) is 11.5. The van der Waals surface area contributed by atoms with Crippen molar-refractivity contribution in [3.05, 3.63) is 46.2 Å². The lowest BCUT2D eigenvalue weighted by Crippen LogP contribution is -2.22. The molecule has 1 aromatic carbocycles. The number of aliphatic hydroxyl groups excluding tert-OH is 1. The molecule has 0 unspecified atom stereocenters. The highest BCUT2D eigenvalue weighted by Gasteiger charge is 2.15. The van der Waals surface area contributed by atoms with Gasteiger partial charge in [-0.1, -0.05) is 12.1 Å². The fourth-order valence-electron chi connectivity index (χ4n) is 1.63. The van der Waals surface area contributed by atoms with E-state index in [2.05, 4.69) is 4.72 Å². The van der Waals surface area contributed by atoms with Crippen molar-refractivity contribution in [2.45, 2.75) is 18.0 Å². The van der Waals surface area contributed by atoms with Gasteiger partial charge in [0.15, 0.2) is 0 Å². The minimum absolute atomic E-state index is 0.157. The average Bonchev–Trinajstić information content (AvgIpc) is 2.95. The van der Waals surface area contributed by atoms with Crippen LogP contribution in [0.1, 0.15) is 10.4 Å². The Hall–Kier alpha value is -1.41. The van der Waals surface area contributed by atoms with Crippen LogP contribution < -0.4 is 9.46 Å². The van der Waals surface area contributed by atoms with Crippen molar-refractivity contribution in [2.24, 2.45) is 0 Å². The molecule has 2 N–H and O–H groups in total. The number of hydrogen-bond donors (Lipinski definition) is 2. The summed E-state index contributed by atoms with van der Waals surface area (Å²) in [5, 5.41) is 10.5. The van der Waals surface area contributed by atoms with E-state index in [9.17, 15) is 8.42 Å². The van der Waals surface area contributed by atoms with Gasteiger partial charge in [0.2, 0.25) is 10.0 Å². The Morgan fingerprint density at radius 3 is 2.80 bits per heavy atom. The topological polar surface area (TPSA) is 75.6 Å². The first-order valence-electron chi connectivity index (χ1n) is 5.86. The number of sulfonamides is 1. The molecule has 0 amide bonds. The molecule has 0 radical (unpaired) electrons. The molecule has 20 heavy (non-hydrogen) atoms. The zero-order valence-electron chi connectivity index (χ0n) is 10.9. The monoisotopic (exact) mass is 313 g/mol. The van der Waals surface area contributed by atoms with Crippen LogP contribution in [0, 0.1) is 0 Å². The van der Waals surface area contributed by atoms with Crippen molar-refractivity contribution >= 4 is 21.4 Å². The lowest BCUT2D eigenvalue weighted by molar-refractivity contribution is 0.285. The van der Waals surface area contributed by atoms with E-state index in [0.29, 0.717) is 10.6 Å². The van der Waals surface area contributed by atoms with Gasteiger partial charge in [0.05, 0.1) is 18.6 Å². The quantitative estimate of drug-likeness (QED) is 0.851. The highest BCUT2D eigenvalue weighted by atomic mass is 32.2. The smallest absolute Gasteiger partial charge is 0.241 e. The number of benzene rings is 1. The molecule has 0 bridgehead atoms. The Labute approximate surface area is 121 Å². The Kier molecular flexibility index (Phi) is 4.77. The molecule has 1 aromatic heterocycles. The summed E-state index contributed by atoms with van der Waals surface area (Å²) in [4.78, 5) is 0.793. The largest absolute Gasteiger partial charge is 0.497 e. The number of hydrogen-bond acceptors (Lipinski definition) is 5. The molecule has 2 aromatic rings. The van der Waals surface area contributed by atoms with Crippen LogP contribution in [0.15, 0.2) is 40.6 Å². The molecule has 108 valence electrons. The molecule has 1 heterocycles. The lowest BCUT2D eigenvalue weighted by atomic mass is 10.2. The summed E-state index contributed by atoms with van der Waals surface area (Å²) in [6.45, 7) is 0.0277. The number of methoxy groups -OCH3 is 1. The first-order valence-corrected chi connectivity index (χ1v) is 8.22. The Balaban J connectivity index is 2.08. The van der Waals surface area contributed by atoms with Gasteiger partial charge in [0.1, 0.15) is 5.75 Å². The second kappa shape index (κ2) is 6.36. The first-order chi connectivity index (χ1) is 9.55. The second-order valence-corrected chi connectivity index (χ2v) is 6.85. The summed E-state index contributed by atoms with van der Waals surface area (Å²) >= 11 is 1.21. The first kappa shape index (κ1) is 15.0. The van der Waals surface area contributed by atoms with Gasteiger partial charge in [-0.05, 0) is 23.8 Å².